The molecule has 0 spiro atoms. The number of aromatic nitrogens is 4. The first-order valence-electron chi connectivity index (χ1n) is 5.76. The maximum absolute atomic E-state index is 5.93. The normalized spacial score (nSPS) is 10.3. The van der Waals surface area contributed by atoms with E-state index in [2.05, 4.69) is 25.5 Å². The Morgan fingerprint density at radius 2 is 2.33 bits per heavy atom. The minimum Gasteiger partial charge on any atom is -0.476 e. The van der Waals surface area contributed by atoms with Gasteiger partial charge in [0.2, 0.25) is 5.88 Å². The molecule has 7 heteroatoms. The first-order valence-corrected chi connectivity index (χ1v) is 5.76. The summed E-state index contributed by atoms with van der Waals surface area (Å²) in [7, 11) is 0. The number of rotatable bonds is 6. The summed E-state index contributed by atoms with van der Waals surface area (Å²) in [6, 6.07) is 1.87. The fourth-order valence-corrected chi connectivity index (χ4v) is 1.40. The van der Waals surface area contributed by atoms with Crippen LogP contribution in [0, 0.1) is 0 Å². The summed E-state index contributed by atoms with van der Waals surface area (Å²) >= 11 is 0. The molecule has 7 nitrogen and oxygen atoms in total. The Balaban J connectivity index is 2.03. The van der Waals surface area contributed by atoms with Gasteiger partial charge in [-0.1, -0.05) is 6.92 Å². The van der Waals surface area contributed by atoms with Gasteiger partial charge < -0.3 is 15.8 Å². The summed E-state index contributed by atoms with van der Waals surface area (Å²) in [6.07, 6.45) is 4.02. The minimum absolute atomic E-state index is 0.416. The number of nitrogen functional groups attached to an aromatic ring is 1. The number of nitrogens with two attached hydrogens (primary N) is 1. The molecule has 0 saturated carbocycles. The Hall–Kier alpha value is -2.31. The largest absolute Gasteiger partial charge is 0.476 e. The standard InChI is InChI=1S/C11H16N6O/c1-2-5-18-11-9(12)10(14-7-15-11)13-6-8-3-4-16-17-8/h3-4,7H,2,5-6,12H2,1H3,(H,16,17)(H,13,14,15). The van der Waals surface area contributed by atoms with Crippen LogP contribution in [0.25, 0.3) is 0 Å². The van der Waals surface area contributed by atoms with E-state index in [1.807, 2.05) is 13.0 Å². The quantitative estimate of drug-likeness (QED) is 0.709. The maximum Gasteiger partial charge on any atom is 0.242 e. The zero-order chi connectivity index (χ0) is 12.8. The molecular formula is C11H16N6O. The van der Waals surface area contributed by atoms with Crippen LogP contribution in [-0.2, 0) is 6.54 Å². The second kappa shape index (κ2) is 5.85. The van der Waals surface area contributed by atoms with Crippen molar-refractivity contribution >= 4 is 11.5 Å². The van der Waals surface area contributed by atoms with Gasteiger partial charge in [-0.05, 0) is 12.5 Å². The molecule has 4 N–H and O–H groups in total. The van der Waals surface area contributed by atoms with Crippen molar-refractivity contribution in [3.8, 4) is 5.88 Å². The fraction of sp³-hybridized carbons (Fsp3) is 0.364. The highest BCUT2D eigenvalue weighted by Gasteiger charge is 2.08. The molecule has 0 aliphatic carbocycles. The smallest absolute Gasteiger partial charge is 0.242 e. The van der Waals surface area contributed by atoms with Gasteiger partial charge in [0.25, 0.3) is 0 Å². The molecule has 2 aromatic heterocycles. The predicted octanol–water partition coefficient (Wildman–Crippen LogP) is 1.18. The summed E-state index contributed by atoms with van der Waals surface area (Å²) in [6.45, 7) is 3.17. The molecule has 0 aliphatic rings. The van der Waals surface area contributed by atoms with Crippen LogP contribution in [-0.4, -0.2) is 26.8 Å². The average molecular weight is 248 g/mol. The van der Waals surface area contributed by atoms with Crippen molar-refractivity contribution < 1.29 is 4.74 Å². The van der Waals surface area contributed by atoms with Gasteiger partial charge in [0.1, 0.15) is 12.0 Å². The lowest BCUT2D eigenvalue weighted by atomic mass is 10.4. The van der Waals surface area contributed by atoms with Crippen molar-refractivity contribution in [3.63, 3.8) is 0 Å². The van der Waals surface area contributed by atoms with Gasteiger partial charge in [0.05, 0.1) is 18.8 Å². The Kier molecular flexibility index (Phi) is 3.95. The van der Waals surface area contributed by atoms with Crippen LogP contribution in [0.2, 0.25) is 0 Å². The molecule has 2 rings (SSSR count). The SMILES string of the molecule is CCCOc1ncnc(NCc2ccn[nH]2)c1N. The third kappa shape index (κ3) is 2.88. The summed E-state index contributed by atoms with van der Waals surface area (Å²) in [4.78, 5) is 8.09. The van der Waals surface area contributed by atoms with E-state index in [4.69, 9.17) is 10.5 Å². The lowest BCUT2D eigenvalue weighted by molar-refractivity contribution is 0.306. The highest BCUT2D eigenvalue weighted by Crippen LogP contribution is 2.24. The van der Waals surface area contributed by atoms with Gasteiger partial charge in [0, 0.05) is 6.20 Å². The molecule has 0 unspecified atom stereocenters. The number of anilines is 2. The van der Waals surface area contributed by atoms with Crippen LogP contribution >= 0.6 is 0 Å². The fourth-order valence-electron chi connectivity index (χ4n) is 1.40. The summed E-state index contributed by atoms with van der Waals surface area (Å²) in [5, 5.41) is 9.81. The Labute approximate surface area is 105 Å². The summed E-state index contributed by atoms with van der Waals surface area (Å²) in [5.74, 6) is 0.977. The molecule has 0 amide bonds. The number of hydrogen-bond donors (Lipinski definition) is 3. The van der Waals surface area contributed by atoms with Gasteiger partial charge in [-0.3, -0.25) is 5.10 Å². The maximum atomic E-state index is 5.93. The predicted molar refractivity (Wildman–Crippen MR) is 68.1 cm³/mol. The van der Waals surface area contributed by atoms with E-state index in [-0.39, 0.29) is 0 Å². The monoisotopic (exact) mass is 248 g/mol. The third-order valence-electron chi connectivity index (χ3n) is 2.29. The molecular weight excluding hydrogens is 232 g/mol. The van der Waals surface area contributed by atoms with E-state index in [1.165, 1.54) is 6.33 Å². The van der Waals surface area contributed by atoms with Crippen molar-refractivity contribution in [2.75, 3.05) is 17.7 Å². The van der Waals surface area contributed by atoms with Crippen LogP contribution < -0.4 is 15.8 Å². The molecule has 0 fully saturated rings. The minimum atomic E-state index is 0.416. The van der Waals surface area contributed by atoms with Crippen LogP contribution in [0.3, 0.4) is 0 Å². The van der Waals surface area contributed by atoms with Crippen molar-refractivity contribution in [2.45, 2.75) is 19.9 Å². The molecule has 96 valence electrons. The number of H-pyrrole nitrogens is 1. The summed E-state index contributed by atoms with van der Waals surface area (Å²) < 4.78 is 5.43. The zero-order valence-electron chi connectivity index (χ0n) is 10.2. The topological polar surface area (TPSA) is 102 Å². The van der Waals surface area contributed by atoms with Crippen molar-refractivity contribution in [1.82, 2.24) is 20.2 Å². The molecule has 2 aromatic rings. The highest BCUT2D eigenvalue weighted by atomic mass is 16.5. The highest BCUT2D eigenvalue weighted by molar-refractivity contribution is 5.66. The average Bonchev–Trinajstić information content (AvgIpc) is 2.89. The Bertz CT molecular complexity index is 484. The van der Waals surface area contributed by atoms with E-state index in [9.17, 15) is 0 Å². The summed E-state index contributed by atoms with van der Waals surface area (Å²) in [5.41, 5.74) is 7.30. The number of hydrogen-bond acceptors (Lipinski definition) is 6. The molecule has 18 heavy (non-hydrogen) atoms. The Morgan fingerprint density at radius 1 is 1.44 bits per heavy atom. The van der Waals surface area contributed by atoms with Gasteiger partial charge in [-0.15, -0.1) is 0 Å². The molecule has 2 heterocycles. The van der Waals surface area contributed by atoms with Gasteiger partial charge in [-0.2, -0.15) is 10.1 Å². The van der Waals surface area contributed by atoms with E-state index < -0.39 is 0 Å². The van der Waals surface area contributed by atoms with E-state index in [0.717, 1.165) is 12.1 Å². The molecule has 0 radical (unpaired) electrons. The first-order chi connectivity index (χ1) is 8.81. The van der Waals surface area contributed by atoms with E-state index in [1.54, 1.807) is 6.20 Å². The second-order valence-electron chi connectivity index (χ2n) is 3.72. The number of nitrogens with zero attached hydrogens (tertiary/aromatic N) is 3. The molecule has 0 saturated heterocycles. The number of aromatic amines is 1. The van der Waals surface area contributed by atoms with Crippen molar-refractivity contribution in [3.05, 3.63) is 24.3 Å². The zero-order valence-corrected chi connectivity index (χ0v) is 10.2. The van der Waals surface area contributed by atoms with Crippen LogP contribution in [0.4, 0.5) is 11.5 Å². The van der Waals surface area contributed by atoms with E-state index >= 15 is 0 Å². The van der Waals surface area contributed by atoms with Crippen LogP contribution in [0.15, 0.2) is 18.6 Å². The van der Waals surface area contributed by atoms with Gasteiger partial charge in [-0.25, -0.2) is 4.98 Å². The molecule has 0 aliphatic heterocycles. The van der Waals surface area contributed by atoms with Crippen LogP contribution in [0.5, 0.6) is 5.88 Å². The molecule has 0 aromatic carbocycles. The molecule has 0 bridgehead atoms. The van der Waals surface area contributed by atoms with Gasteiger partial charge in [0.15, 0.2) is 5.82 Å². The van der Waals surface area contributed by atoms with Crippen molar-refractivity contribution in [2.24, 2.45) is 0 Å². The first kappa shape index (κ1) is 12.2. The lowest BCUT2D eigenvalue weighted by Crippen LogP contribution is -2.08. The number of ether oxygens (including phenoxy) is 1. The van der Waals surface area contributed by atoms with E-state index in [0.29, 0.717) is 30.5 Å². The second-order valence-corrected chi connectivity index (χ2v) is 3.72. The Morgan fingerprint density at radius 3 is 3.06 bits per heavy atom. The molecule has 0 atom stereocenters. The lowest BCUT2D eigenvalue weighted by Gasteiger charge is -2.10. The van der Waals surface area contributed by atoms with Crippen molar-refractivity contribution in [1.29, 1.82) is 0 Å². The third-order valence-corrected chi connectivity index (χ3v) is 2.29. The van der Waals surface area contributed by atoms with Crippen LogP contribution in [0.1, 0.15) is 19.0 Å². The van der Waals surface area contributed by atoms with Gasteiger partial charge >= 0.3 is 0 Å². The number of nitrogens with one attached hydrogen (secondary N) is 2.